The highest BCUT2D eigenvalue weighted by molar-refractivity contribution is 9.10. The van der Waals surface area contributed by atoms with Crippen molar-refractivity contribution in [1.82, 2.24) is 5.43 Å². The summed E-state index contributed by atoms with van der Waals surface area (Å²) >= 11 is 3.36. The first-order chi connectivity index (χ1) is 12.5. The van der Waals surface area contributed by atoms with Crippen molar-refractivity contribution in [3.05, 3.63) is 52.0 Å². The van der Waals surface area contributed by atoms with Crippen LogP contribution in [-0.2, 0) is 11.3 Å². The van der Waals surface area contributed by atoms with Gasteiger partial charge < -0.3 is 24.7 Å². The number of nitrogens with one attached hydrogen (secondary N) is 1. The quantitative estimate of drug-likeness (QED) is 0.476. The molecule has 0 spiro atoms. The Morgan fingerprint density at radius 3 is 2.65 bits per heavy atom. The standard InChI is InChI=1S/C18H19BrN2O5/c1-24-15-6-4-3-5-13(15)10-21-20-9-12-7-14(19)18(16(8-12)25-2)26-11-17(22)23/h3-9,21H,10-11H2,1-2H3,(H,22,23)/b20-9+. The molecule has 0 atom stereocenters. The minimum absolute atomic E-state index is 0.328. The zero-order chi connectivity index (χ0) is 18.9. The summed E-state index contributed by atoms with van der Waals surface area (Å²) in [4.78, 5) is 10.7. The van der Waals surface area contributed by atoms with Crippen molar-refractivity contribution in [2.75, 3.05) is 20.8 Å². The molecule has 7 nitrogen and oxygen atoms in total. The van der Waals surface area contributed by atoms with Crippen LogP contribution in [0, 0.1) is 0 Å². The maximum absolute atomic E-state index is 10.7. The Hall–Kier alpha value is -2.74. The number of halogens is 1. The van der Waals surface area contributed by atoms with E-state index in [4.69, 9.17) is 19.3 Å². The van der Waals surface area contributed by atoms with Crippen LogP contribution in [0.4, 0.5) is 0 Å². The number of methoxy groups -OCH3 is 2. The zero-order valence-corrected chi connectivity index (χ0v) is 15.9. The Morgan fingerprint density at radius 1 is 1.23 bits per heavy atom. The fraction of sp³-hybridized carbons (Fsp3) is 0.222. The van der Waals surface area contributed by atoms with Crippen LogP contribution in [0.15, 0.2) is 46.0 Å². The Balaban J connectivity index is 2.05. The van der Waals surface area contributed by atoms with Gasteiger partial charge in [-0.25, -0.2) is 4.79 Å². The van der Waals surface area contributed by atoms with Crippen LogP contribution in [0.1, 0.15) is 11.1 Å². The van der Waals surface area contributed by atoms with E-state index in [9.17, 15) is 4.79 Å². The third-order valence-electron chi connectivity index (χ3n) is 3.36. The van der Waals surface area contributed by atoms with E-state index in [0.717, 1.165) is 16.9 Å². The van der Waals surface area contributed by atoms with Gasteiger partial charge in [-0.3, -0.25) is 0 Å². The lowest BCUT2D eigenvalue weighted by Gasteiger charge is -2.12. The number of hydrogen-bond donors (Lipinski definition) is 2. The van der Waals surface area contributed by atoms with Crippen molar-refractivity contribution in [1.29, 1.82) is 0 Å². The highest BCUT2D eigenvalue weighted by atomic mass is 79.9. The molecule has 0 aliphatic rings. The molecule has 2 N–H and O–H groups in total. The van der Waals surface area contributed by atoms with Crippen LogP contribution in [0.5, 0.6) is 17.2 Å². The van der Waals surface area contributed by atoms with Gasteiger partial charge in [0, 0.05) is 5.56 Å². The lowest BCUT2D eigenvalue weighted by molar-refractivity contribution is -0.139. The Bertz CT molecular complexity index is 795. The molecule has 0 radical (unpaired) electrons. The number of aliphatic carboxylic acids is 1. The van der Waals surface area contributed by atoms with Crippen molar-refractivity contribution in [3.63, 3.8) is 0 Å². The van der Waals surface area contributed by atoms with Gasteiger partial charge in [0.25, 0.3) is 0 Å². The van der Waals surface area contributed by atoms with Gasteiger partial charge in [-0.05, 0) is 39.7 Å². The van der Waals surface area contributed by atoms with Gasteiger partial charge in [0.05, 0.1) is 31.5 Å². The zero-order valence-electron chi connectivity index (χ0n) is 14.4. The summed E-state index contributed by atoms with van der Waals surface area (Å²) in [5, 5.41) is 12.9. The van der Waals surface area contributed by atoms with Crippen LogP contribution in [-0.4, -0.2) is 38.1 Å². The summed E-state index contributed by atoms with van der Waals surface area (Å²) in [6, 6.07) is 11.1. The molecule has 0 amide bonds. The SMILES string of the molecule is COc1ccccc1CN/N=C/c1cc(Br)c(OCC(=O)O)c(OC)c1. The monoisotopic (exact) mass is 422 g/mol. The molecule has 0 aliphatic heterocycles. The molecule has 0 heterocycles. The van der Waals surface area contributed by atoms with Crippen LogP contribution >= 0.6 is 15.9 Å². The second-order valence-electron chi connectivity index (χ2n) is 5.12. The predicted octanol–water partition coefficient (Wildman–Crippen LogP) is 3.05. The Kier molecular flexibility index (Phi) is 7.28. The average molecular weight is 423 g/mol. The highest BCUT2D eigenvalue weighted by Gasteiger charge is 2.12. The van der Waals surface area contributed by atoms with Gasteiger partial charge in [0.15, 0.2) is 18.1 Å². The van der Waals surface area contributed by atoms with Gasteiger partial charge in [-0.15, -0.1) is 0 Å². The van der Waals surface area contributed by atoms with Crippen molar-refractivity contribution in [2.45, 2.75) is 6.54 Å². The minimum atomic E-state index is -1.06. The number of hydrazone groups is 1. The first-order valence-corrected chi connectivity index (χ1v) is 8.44. The third kappa shape index (κ3) is 5.38. The maximum Gasteiger partial charge on any atom is 0.341 e. The van der Waals surface area contributed by atoms with Crippen LogP contribution in [0.25, 0.3) is 0 Å². The molecule has 26 heavy (non-hydrogen) atoms. The molecule has 2 rings (SSSR count). The lowest BCUT2D eigenvalue weighted by atomic mass is 10.2. The van der Waals surface area contributed by atoms with E-state index in [2.05, 4.69) is 26.5 Å². The van der Waals surface area contributed by atoms with Crippen LogP contribution in [0.2, 0.25) is 0 Å². The number of nitrogens with zero attached hydrogens (tertiary/aromatic N) is 1. The van der Waals surface area contributed by atoms with Crippen molar-refractivity contribution in [2.24, 2.45) is 5.10 Å². The molecule has 0 aliphatic carbocycles. The molecule has 2 aromatic carbocycles. The maximum atomic E-state index is 10.7. The topological polar surface area (TPSA) is 89.4 Å². The number of benzene rings is 2. The number of carboxylic acid groups (broad SMARTS) is 1. The summed E-state index contributed by atoms with van der Waals surface area (Å²) in [6.45, 7) is 0.0570. The molecule has 2 aromatic rings. The molecular weight excluding hydrogens is 404 g/mol. The molecule has 0 aromatic heterocycles. The molecule has 0 fully saturated rings. The van der Waals surface area contributed by atoms with Gasteiger partial charge in [0.2, 0.25) is 0 Å². The predicted molar refractivity (Wildman–Crippen MR) is 101 cm³/mol. The van der Waals surface area contributed by atoms with E-state index >= 15 is 0 Å². The minimum Gasteiger partial charge on any atom is -0.496 e. The molecule has 0 saturated heterocycles. The smallest absolute Gasteiger partial charge is 0.341 e. The normalized spacial score (nSPS) is 10.6. The third-order valence-corrected chi connectivity index (χ3v) is 3.95. The Labute approximate surface area is 159 Å². The Morgan fingerprint density at radius 2 is 1.96 bits per heavy atom. The van der Waals surface area contributed by atoms with E-state index < -0.39 is 12.6 Å². The number of carboxylic acids is 1. The number of rotatable bonds is 9. The summed E-state index contributed by atoms with van der Waals surface area (Å²) < 4.78 is 16.4. The van der Waals surface area contributed by atoms with E-state index in [0.29, 0.717) is 22.5 Å². The van der Waals surface area contributed by atoms with E-state index in [1.165, 1.54) is 7.11 Å². The van der Waals surface area contributed by atoms with Crippen molar-refractivity contribution < 1.29 is 24.1 Å². The molecule has 0 bridgehead atoms. The summed E-state index contributed by atoms with van der Waals surface area (Å²) in [7, 11) is 3.11. The summed E-state index contributed by atoms with van der Waals surface area (Å²) in [5.74, 6) is 0.463. The molecule has 138 valence electrons. The van der Waals surface area contributed by atoms with Crippen LogP contribution < -0.4 is 19.6 Å². The lowest BCUT2D eigenvalue weighted by Crippen LogP contribution is -2.10. The number of carbonyl (C=O) groups is 1. The molecule has 0 unspecified atom stereocenters. The van der Waals surface area contributed by atoms with Crippen LogP contribution in [0.3, 0.4) is 0 Å². The largest absolute Gasteiger partial charge is 0.496 e. The van der Waals surface area contributed by atoms with E-state index in [-0.39, 0.29) is 0 Å². The number of ether oxygens (including phenoxy) is 3. The average Bonchev–Trinajstić information content (AvgIpc) is 2.64. The number of hydrogen-bond acceptors (Lipinski definition) is 6. The fourth-order valence-electron chi connectivity index (χ4n) is 2.19. The van der Waals surface area contributed by atoms with Gasteiger partial charge in [0.1, 0.15) is 5.75 Å². The van der Waals surface area contributed by atoms with Gasteiger partial charge in [-0.1, -0.05) is 18.2 Å². The van der Waals surface area contributed by atoms with Gasteiger partial charge in [-0.2, -0.15) is 5.10 Å². The first kappa shape index (κ1) is 19.6. The van der Waals surface area contributed by atoms with Crippen molar-refractivity contribution >= 4 is 28.1 Å². The first-order valence-electron chi connectivity index (χ1n) is 7.65. The molecule has 0 saturated carbocycles. The second-order valence-corrected chi connectivity index (χ2v) is 5.98. The summed E-state index contributed by atoms with van der Waals surface area (Å²) in [6.07, 6.45) is 1.63. The van der Waals surface area contributed by atoms with Crippen molar-refractivity contribution in [3.8, 4) is 17.2 Å². The van der Waals surface area contributed by atoms with Gasteiger partial charge >= 0.3 is 5.97 Å². The van der Waals surface area contributed by atoms with E-state index in [1.54, 1.807) is 25.5 Å². The molecular formula is C18H19BrN2O5. The van der Waals surface area contributed by atoms with E-state index in [1.807, 2.05) is 24.3 Å². The highest BCUT2D eigenvalue weighted by Crippen LogP contribution is 2.36. The summed E-state index contributed by atoms with van der Waals surface area (Å²) in [5.41, 5.74) is 4.70. The fourth-order valence-corrected chi connectivity index (χ4v) is 2.76. The number of para-hydroxylation sites is 1. The molecule has 8 heteroatoms. The second kappa shape index (κ2) is 9.67.